The molecule has 2 N–H and O–H groups in total. The van der Waals surface area contributed by atoms with Crippen LogP contribution in [0, 0.1) is 0 Å². The maximum absolute atomic E-state index is 11.9. The third-order valence-corrected chi connectivity index (χ3v) is 4.12. The highest BCUT2D eigenvalue weighted by Crippen LogP contribution is 2.21. The van der Waals surface area contributed by atoms with Gasteiger partial charge >= 0.3 is 5.97 Å². The summed E-state index contributed by atoms with van der Waals surface area (Å²) >= 11 is 1.50. The summed E-state index contributed by atoms with van der Waals surface area (Å²) in [6.45, 7) is 1.97. The normalized spacial score (nSPS) is 12.0. The molecule has 2 heterocycles. The molecule has 2 rings (SSSR count). The average molecular weight is 337 g/mol. The molecule has 0 spiro atoms. The molecular formula is C15H19N3O4S. The number of carbonyl (C=O) groups excluding carboxylic acids is 1. The molecule has 0 saturated carbocycles. The van der Waals surface area contributed by atoms with Crippen molar-refractivity contribution < 1.29 is 19.2 Å². The van der Waals surface area contributed by atoms with Crippen LogP contribution >= 0.6 is 11.3 Å². The summed E-state index contributed by atoms with van der Waals surface area (Å²) in [6.07, 6.45) is 2.46. The van der Waals surface area contributed by atoms with Crippen LogP contribution in [0.25, 0.3) is 10.7 Å². The Labute approximate surface area is 137 Å². The van der Waals surface area contributed by atoms with Crippen molar-refractivity contribution in [2.24, 2.45) is 0 Å². The van der Waals surface area contributed by atoms with Crippen LogP contribution in [0.5, 0.6) is 0 Å². The van der Waals surface area contributed by atoms with Crippen molar-refractivity contribution in [2.75, 3.05) is 0 Å². The van der Waals surface area contributed by atoms with Crippen LogP contribution in [0.1, 0.15) is 38.5 Å². The number of carboxylic acid groups (broad SMARTS) is 1. The minimum atomic E-state index is -1.01. The van der Waals surface area contributed by atoms with Crippen LogP contribution in [-0.4, -0.2) is 33.2 Å². The third kappa shape index (κ3) is 5.17. The molecular weight excluding hydrogens is 318 g/mol. The second kappa shape index (κ2) is 8.42. The number of aliphatic carboxylic acids is 1. The van der Waals surface area contributed by atoms with E-state index >= 15 is 0 Å². The molecule has 8 heteroatoms. The van der Waals surface area contributed by atoms with E-state index in [9.17, 15) is 9.59 Å². The number of hydrogen-bond donors (Lipinski definition) is 2. The number of amides is 1. The second-order valence-corrected chi connectivity index (χ2v) is 6.04. The van der Waals surface area contributed by atoms with Crippen LogP contribution in [0.15, 0.2) is 22.0 Å². The first kappa shape index (κ1) is 17.1. The number of aromatic nitrogens is 2. The molecule has 124 valence electrons. The molecule has 0 aliphatic carbocycles. The number of aryl methyl sites for hydroxylation is 1. The van der Waals surface area contributed by atoms with Crippen LogP contribution in [0.3, 0.4) is 0 Å². The van der Waals surface area contributed by atoms with E-state index in [0.29, 0.717) is 18.1 Å². The highest BCUT2D eigenvalue weighted by Gasteiger charge is 2.19. The maximum Gasteiger partial charge on any atom is 0.326 e. The van der Waals surface area contributed by atoms with E-state index in [1.807, 2.05) is 24.4 Å². The van der Waals surface area contributed by atoms with E-state index in [-0.39, 0.29) is 18.7 Å². The molecule has 0 radical (unpaired) electrons. The van der Waals surface area contributed by atoms with Crippen molar-refractivity contribution in [3.05, 3.63) is 23.4 Å². The number of nitrogens with zero attached hydrogens (tertiary/aromatic N) is 2. The van der Waals surface area contributed by atoms with Crippen LogP contribution < -0.4 is 5.32 Å². The standard InChI is InChI=1S/C15H19N3O4S/c1-2-3-5-10(15(20)21)16-12(19)7-8-13-17-14(18-22-13)11-6-4-9-23-11/h4,6,9-10H,2-3,5,7-8H2,1H3,(H,16,19)(H,20,21)/t10-/m0/s1. The smallest absolute Gasteiger partial charge is 0.326 e. The van der Waals surface area contributed by atoms with Gasteiger partial charge in [0.1, 0.15) is 6.04 Å². The summed E-state index contributed by atoms with van der Waals surface area (Å²) in [5.74, 6) is -0.473. The second-order valence-electron chi connectivity index (χ2n) is 5.09. The quantitative estimate of drug-likeness (QED) is 0.728. The Morgan fingerprint density at radius 1 is 1.48 bits per heavy atom. The van der Waals surface area contributed by atoms with Crippen molar-refractivity contribution in [1.29, 1.82) is 0 Å². The van der Waals surface area contributed by atoms with Gasteiger partial charge in [-0.15, -0.1) is 11.3 Å². The van der Waals surface area contributed by atoms with Crippen LogP contribution in [0.4, 0.5) is 0 Å². The van der Waals surface area contributed by atoms with Gasteiger partial charge < -0.3 is 14.9 Å². The molecule has 0 saturated heterocycles. The zero-order valence-corrected chi connectivity index (χ0v) is 13.6. The van der Waals surface area contributed by atoms with Crippen molar-refractivity contribution in [3.63, 3.8) is 0 Å². The molecule has 23 heavy (non-hydrogen) atoms. The largest absolute Gasteiger partial charge is 0.480 e. The first-order chi connectivity index (χ1) is 11.1. The highest BCUT2D eigenvalue weighted by atomic mass is 32.1. The van der Waals surface area contributed by atoms with Crippen LogP contribution in [-0.2, 0) is 16.0 Å². The summed E-state index contributed by atoms with van der Waals surface area (Å²) in [4.78, 5) is 28.1. The zero-order valence-electron chi connectivity index (χ0n) is 12.8. The fraction of sp³-hybridized carbons (Fsp3) is 0.467. The van der Waals surface area contributed by atoms with E-state index in [4.69, 9.17) is 9.63 Å². The fourth-order valence-electron chi connectivity index (χ4n) is 2.01. The molecule has 0 fully saturated rings. The zero-order chi connectivity index (χ0) is 16.7. The van der Waals surface area contributed by atoms with Crippen molar-refractivity contribution in [3.8, 4) is 10.7 Å². The topological polar surface area (TPSA) is 105 Å². The molecule has 0 aromatic carbocycles. The van der Waals surface area contributed by atoms with E-state index in [0.717, 1.165) is 17.7 Å². The Morgan fingerprint density at radius 3 is 2.96 bits per heavy atom. The Morgan fingerprint density at radius 2 is 2.30 bits per heavy atom. The number of nitrogens with one attached hydrogen (secondary N) is 1. The number of hydrogen-bond acceptors (Lipinski definition) is 6. The van der Waals surface area contributed by atoms with Gasteiger partial charge in [0.2, 0.25) is 17.6 Å². The monoisotopic (exact) mass is 337 g/mol. The highest BCUT2D eigenvalue weighted by molar-refractivity contribution is 7.13. The predicted octanol–water partition coefficient (Wildman–Crippen LogP) is 2.49. The molecule has 0 bridgehead atoms. The first-order valence-corrected chi connectivity index (χ1v) is 8.36. The van der Waals surface area contributed by atoms with Crippen LogP contribution in [0.2, 0.25) is 0 Å². The van der Waals surface area contributed by atoms with Gasteiger partial charge in [0.25, 0.3) is 0 Å². The van der Waals surface area contributed by atoms with Gasteiger partial charge in [-0.05, 0) is 17.9 Å². The lowest BCUT2D eigenvalue weighted by Gasteiger charge is -2.13. The number of carboxylic acids is 1. The van der Waals surface area contributed by atoms with Gasteiger partial charge in [-0.1, -0.05) is 31.0 Å². The molecule has 7 nitrogen and oxygen atoms in total. The molecule has 0 aliphatic rings. The van der Waals surface area contributed by atoms with E-state index < -0.39 is 12.0 Å². The molecule has 2 aromatic heterocycles. The number of carbonyl (C=O) groups is 2. The van der Waals surface area contributed by atoms with Crippen molar-refractivity contribution in [1.82, 2.24) is 15.5 Å². The molecule has 1 atom stereocenters. The lowest BCUT2D eigenvalue weighted by Crippen LogP contribution is -2.40. The van der Waals surface area contributed by atoms with Gasteiger partial charge in [-0.25, -0.2) is 4.79 Å². The van der Waals surface area contributed by atoms with Gasteiger partial charge in [-0.2, -0.15) is 4.98 Å². The lowest BCUT2D eigenvalue weighted by atomic mass is 10.1. The Kier molecular flexibility index (Phi) is 6.28. The molecule has 0 aliphatic heterocycles. The molecule has 2 aromatic rings. The van der Waals surface area contributed by atoms with Gasteiger partial charge in [0.15, 0.2) is 0 Å². The molecule has 0 unspecified atom stereocenters. The van der Waals surface area contributed by atoms with E-state index in [2.05, 4.69) is 15.5 Å². The SMILES string of the molecule is CCCC[C@H](NC(=O)CCc1nc(-c2cccs2)no1)C(=O)O. The number of rotatable bonds is 9. The summed E-state index contributed by atoms with van der Waals surface area (Å²) in [6, 6.07) is 2.94. The number of unbranched alkanes of at least 4 members (excludes halogenated alkanes) is 1. The summed E-state index contributed by atoms with van der Waals surface area (Å²) in [5.41, 5.74) is 0. The fourth-order valence-corrected chi connectivity index (χ4v) is 2.66. The summed E-state index contributed by atoms with van der Waals surface area (Å²) < 4.78 is 5.11. The predicted molar refractivity (Wildman–Crippen MR) is 85.0 cm³/mol. The summed E-state index contributed by atoms with van der Waals surface area (Å²) in [7, 11) is 0. The Hall–Kier alpha value is -2.22. The first-order valence-electron chi connectivity index (χ1n) is 7.48. The van der Waals surface area contributed by atoms with Gasteiger partial charge in [0.05, 0.1) is 4.88 Å². The number of thiophene rings is 1. The Bertz CT molecular complexity index is 639. The van der Waals surface area contributed by atoms with E-state index in [1.54, 1.807) is 0 Å². The van der Waals surface area contributed by atoms with Crippen molar-refractivity contribution in [2.45, 2.75) is 45.1 Å². The van der Waals surface area contributed by atoms with Crippen molar-refractivity contribution >= 4 is 23.2 Å². The van der Waals surface area contributed by atoms with Gasteiger partial charge in [0, 0.05) is 12.8 Å². The maximum atomic E-state index is 11.9. The lowest BCUT2D eigenvalue weighted by molar-refractivity contribution is -0.142. The van der Waals surface area contributed by atoms with E-state index in [1.165, 1.54) is 11.3 Å². The average Bonchev–Trinajstić information content (AvgIpc) is 3.19. The molecule has 1 amide bonds. The minimum Gasteiger partial charge on any atom is -0.480 e. The Balaban J connectivity index is 1.83. The third-order valence-electron chi connectivity index (χ3n) is 3.26. The van der Waals surface area contributed by atoms with Gasteiger partial charge in [-0.3, -0.25) is 4.79 Å². The summed E-state index contributed by atoms with van der Waals surface area (Å²) in [5, 5.41) is 17.4. The minimum absolute atomic E-state index is 0.113.